The highest BCUT2D eigenvalue weighted by Gasteiger charge is 2.44. The molecule has 0 aromatic heterocycles. The Morgan fingerprint density at radius 1 is 1.40 bits per heavy atom. The first-order chi connectivity index (χ1) is 3.30. The van der Waals surface area contributed by atoms with Gasteiger partial charge in [0.05, 0.1) is 0 Å². The Hall–Kier alpha value is 0. The summed E-state index contributed by atoms with van der Waals surface area (Å²) in [5.41, 5.74) is 0. The van der Waals surface area contributed by atoms with Gasteiger partial charge >= 0.3 is 0 Å². The van der Waals surface area contributed by atoms with Crippen LogP contribution in [0, 0.1) is 11.8 Å². The van der Waals surface area contributed by atoms with Gasteiger partial charge in [-0.15, -0.1) is 0 Å². The highest BCUT2D eigenvalue weighted by Crippen LogP contribution is 2.55. The van der Waals surface area contributed by atoms with E-state index in [1.807, 2.05) is 0 Å². The van der Waals surface area contributed by atoms with Crippen molar-refractivity contribution in [2.75, 3.05) is 0 Å². The molecule has 0 aromatic rings. The predicted molar refractivity (Wildman–Crippen MR) is 20.8 cm³/mol. The van der Waals surface area contributed by atoms with E-state index in [2.05, 4.69) is 0 Å². The number of hydrogen-bond acceptors (Lipinski definition) is 0. The first-order valence-electron chi connectivity index (χ1n) is 3.30. The molecule has 2 aliphatic carbocycles. The molecule has 0 radical (unpaired) electrons. The molecular weight excluding hydrogens is 60.1 g/mol. The SMILES string of the molecule is [2H][C@@H]1[C@H]([2H])[C@@H]2C[C@H]12. The molecule has 0 bridgehead atoms. The average molecular weight is 70.1 g/mol. The van der Waals surface area contributed by atoms with Crippen molar-refractivity contribution in [3.8, 4) is 0 Å². The molecule has 2 aliphatic rings. The summed E-state index contributed by atoms with van der Waals surface area (Å²) in [7, 11) is 0. The second kappa shape index (κ2) is 0.444. The number of rotatable bonds is 0. The third kappa shape index (κ3) is 0.132. The molecule has 28 valence electrons. The minimum Gasteiger partial charge on any atom is -0.0499 e. The molecule has 0 heteroatoms. The van der Waals surface area contributed by atoms with Crippen LogP contribution in [0.15, 0.2) is 0 Å². The van der Waals surface area contributed by atoms with Crippen LogP contribution < -0.4 is 0 Å². The largest absolute Gasteiger partial charge is 0.0499 e. The van der Waals surface area contributed by atoms with Crippen molar-refractivity contribution in [1.82, 2.24) is 0 Å². The van der Waals surface area contributed by atoms with Gasteiger partial charge in [0.15, 0.2) is 0 Å². The Kier molecular flexibility index (Phi) is 0.111. The molecule has 0 aliphatic heterocycles. The van der Waals surface area contributed by atoms with Gasteiger partial charge in [0.1, 0.15) is 0 Å². The summed E-state index contributed by atoms with van der Waals surface area (Å²) in [4.78, 5) is 0. The molecule has 0 aromatic carbocycles. The molecule has 2 rings (SSSR count). The summed E-state index contributed by atoms with van der Waals surface area (Å²) in [6, 6.07) is 0. The molecule has 0 saturated heterocycles. The van der Waals surface area contributed by atoms with Crippen LogP contribution in [-0.2, 0) is 0 Å². The zero-order chi connectivity index (χ0) is 5.02. The van der Waals surface area contributed by atoms with E-state index in [1.165, 1.54) is 6.42 Å². The monoisotopic (exact) mass is 70.1 g/mol. The van der Waals surface area contributed by atoms with E-state index in [-0.39, 0.29) is 12.8 Å². The van der Waals surface area contributed by atoms with Crippen molar-refractivity contribution < 1.29 is 2.74 Å². The van der Waals surface area contributed by atoms with Gasteiger partial charge in [-0.1, -0.05) is 0 Å². The van der Waals surface area contributed by atoms with Crippen LogP contribution in [0.1, 0.15) is 22.0 Å². The lowest BCUT2D eigenvalue weighted by Gasteiger charge is -2.04. The summed E-state index contributed by atoms with van der Waals surface area (Å²) >= 11 is 0. The standard InChI is InChI=1S/C5H8/c1-2-5-3-4(1)5/h4-5H,1-3H2/t4-,5+/i1D,2D/t1-,2+,4+,5-. The van der Waals surface area contributed by atoms with Crippen LogP contribution >= 0.6 is 0 Å². The maximum Gasteiger partial charge on any atom is 0.0270 e. The van der Waals surface area contributed by atoms with Crippen LogP contribution in [-0.4, -0.2) is 0 Å². The van der Waals surface area contributed by atoms with Crippen molar-refractivity contribution in [1.29, 1.82) is 0 Å². The molecule has 0 amide bonds. The fraction of sp³-hybridized carbons (Fsp3) is 1.00. The highest BCUT2D eigenvalue weighted by molar-refractivity contribution is 4.95. The Bertz CT molecular complexity index is 90.3. The molecule has 4 atom stereocenters. The van der Waals surface area contributed by atoms with Gasteiger partial charge in [0.25, 0.3) is 0 Å². The minimum atomic E-state index is -0.00926. The lowest BCUT2D eigenvalue weighted by atomic mass is 10.0. The van der Waals surface area contributed by atoms with E-state index in [0.29, 0.717) is 11.8 Å². The highest BCUT2D eigenvalue weighted by atomic mass is 14.5. The van der Waals surface area contributed by atoms with Crippen molar-refractivity contribution in [2.24, 2.45) is 11.8 Å². The Morgan fingerprint density at radius 3 is 2.20 bits per heavy atom. The normalized spacial score (nSPS) is 92.8. The maximum absolute atomic E-state index is 7.18. The van der Waals surface area contributed by atoms with Gasteiger partial charge in [0.2, 0.25) is 0 Å². The molecule has 0 heterocycles. The van der Waals surface area contributed by atoms with Crippen LogP contribution in [0.25, 0.3) is 0 Å². The summed E-state index contributed by atoms with van der Waals surface area (Å²) in [5, 5.41) is 0. The second-order valence-corrected chi connectivity index (χ2v) is 1.95. The van der Waals surface area contributed by atoms with Gasteiger partial charge < -0.3 is 0 Å². The second-order valence-electron chi connectivity index (χ2n) is 1.95. The average Bonchev–Trinajstić information content (AvgIpc) is 2.39. The van der Waals surface area contributed by atoms with Crippen LogP contribution in [0.4, 0.5) is 0 Å². The number of fused-ring (bicyclic) bond motifs is 1. The summed E-state index contributed by atoms with van der Waals surface area (Å²) in [6.07, 6.45) is 1.16. The molecule has 0 N–H and O–H groups in total. The lowest BCUT2D eigenvalue weighted by Crippen LogP contribution is -1.93. The van der Waals surface area contributed by atoms with Crippen molar-refractivity contribution in [3.63, 3.8) is 0 Å². The molecule has 2 fully saturated rings. The Balaban J connectivity index is 2.09. The smallest absolute Gasteiger partial charge is 0.0270 e. The summed E-state index contributed by atoms with van der Waals surface area (Å²) < 4.78 is 14.4. The quantitative estimate of drug-likeness (QED) is 0.404. The van der Waals surface area contributed by atoms with Gasteiger partial charge in [0, 0.05) is 2.74 Å². The van der Waals surface area contributed by atoms with Crippen LogP contribution in [0.3, 0.4) is 0 Å². The topological polar surface area (TPSA) is 0 Å². The first kappa shape index (κ1) is 1.25. The van der Waals surface area contributed by atoms with Gasteiger partial charge in [-0.3, -0.25) is 0 Å². The third-order valence-electron chi connectivity index (χ3n) is 1.50. The fourth-order valence-electron chi connectivity index (χ4n) is 0.818. The lowest BCUT2D eigenvalue weighted by molar-refractivity contribution is 0.468. The van der Waals surface area contributed by atoms with E-state index in [4.69, 9.17) is 2.74 Å². The zero-order valence-corrected chi connectivity index (χ0v) is 3.02. The zero-order valence-electron chi connectivity index (χ0n) is 5.02. The van der Waals surface area contributed by atoms with Crippen molar-refractivity contribution in [3.05, 3.63) is 0 Å². The Labute approximate surface area is 35.0 Å². The van der Waals surface area contributed by atoms with E-state index in [1.54, 1.807) is 0 Å². The fourth-order valence-corrected chi connectivity index (χ4v) is 0.818. The van der Waals surface area contributed by atoms with Crippen molar-refractivity contribution >= 4 is 0 Å². The minimum absolute atomic E-state index is 0.00926. The van der Waals surface area contributed by atoms with Gasteiger partial charge in [-0.05, 0) is 31.1 Å². The van der Waals surface area contributed by atoms with Crippen molar-refractivity contribution in [2.45, 2.75) is 19.2 Å². The molecule has 2 saturated carbocycles. The van der Waals surface area contributed by atoms with Crippen LogP contribution in [0.5, 0.6) is 0 Å². The van der Waals surface area contributed by atoms with Crippen LogP contribution in [0.2, 0.25) is 0 Å². The molecule has 5 heavy (non-hydrogen) atoms. The molecule has 0 nitrogen and oxygen atoms in total. The van der Waals surface area contributed by atoms with Gasteiger partial charge in [-0.2, -0.15) is 0 Å². The Morgan fingerprint density at radius 2 is 2.00 bits per heavy atom. The maximum atomic E-state index is 7.18. The van der Waals surface area contributed by atoms with E-state index in [9.17, 15) is 0 Å². The molecular formula is C5H8. The number of hydrogen-bond donors (Lipinski definition) is 0. The van der Waals surface area contributed by atoms with E-state index >= 15 is 0 Å². The summed E-state index contributed by atoms with van der Waals surface area (Å²) in [6.45, 7) is 0. The molecule has 0 unspecified atom stereocenters. The summed E-state index contributed by atoms with van der Waals surface area (Å²) in [5.74, 6) is 1.31. The van der Waals surface area contributed by atoms with Gasteiger partial charge in [-0.25, -0.2) is 0 Å². The molecule has 0 spiro atoms. The van der Waals surface area contributed by atoms with E-state index in [0.717, 1.165) is 0 Å². The van der Waals surface area contributed by atoms with E-state index < -0.39 is 0 Å². The third-order valence-corrected chi connectivity index (χ3v) is 1.50. The first-order valence-corrected chi connectivity index (χ1v) is 2.15. The predicted octanol–water partition coefficient (Wildman–Crippen LogP) is 1.42.